The Hall–Kier alpha value is -4.21. The van der Waals surface area contributed by atoms with E-state index in [-0.39, 0.29) is 5.91 Å². The molecule has 0 fully saturated rings. The van der Waals surface area contributed by atoms with E-state index in [0.717, 1.165) is 45.0 Å². The number of nitrogens with zero attached hydrogens (tertiary/aromatic N) is 6. The second-order valence-electron chi connectivity index (χ2n) is 7.35. The molecule has 156 valence electrons. The molecule has 0 aliphatic heterocycles. The van der Waals surface area contributed by atoms with E-state index in [0.29, 0.717) is 12.2 Å². The van der Waals surface area contributed by atoms with E-state index in [2.05, 4.69) is 30.2 Å². The van der Waals surface area contributed by atoms with E-state index in [9.17, 15) is 4.79 Å². The summed E-state index contributed by atoms with van der Waals surface area (Å²) in [5.41, 5.74) is 5.43. The third-order valence-corrected chi connectivity index (χ3v) is 5.23. The molecule has 0 unspecified atom stereocenters. The largest absolute Gasteiger partial charge is 0.371 e. The zero-order valence-corrected chi connectivity index (χ0v) is 17.3. The fourth-order valence-corrected chi connectivity index (χ4v) is 3.72. The Morgan fingerprint density at radius 2 is 2.16 bits per heavy atom. The fraction of sp³-hybridized carbons (Fsp3) is 0.190. The van der Waals surface area contributed by atoms with E-state index >= 15 is 0 Å². The predicted molar refractivity (Wildman–Crippen MR) is 118 cm³/mol. The SMILES string of the molecule is CNc1nc2[nH]c(-c3cccc(CN(C)C(=O)c4cnc[nH]4)n3)cc2c2c1ncn2C. The number of nitrogens with one attached hydrogen (secondary N) is 3. The van der Waals surface area contributed by atoms with Gasteiger partial charge in [0.15, 0.2) is 5.82 Å². The molecule has 5 aromatic rings. The van der Waals surface area contributed by atoms with Crippen LogP contribution in [-0.4, -0.2) is 59.4 Å². The Kier molecular flexibility index (Phi) is 4.39. The van der Waals surface area contributed by atoms with E-state index in [1.54, 1.807) is 18.3 Å². The van der Waals surface area contributed by atoms with Crippen LogP contribution in [0.15, 0.2) is 43.1 Å². The summed E-state index contributed by atoms with van der Waals surface area (Å²) >= 11 is 0. The lowest BCUT2D eigenvalue weighted by molar-refractivity contribution is 0.0778. The minimum atomic E-state index is -0.141. The molecule has 0 aromatic carbocycles. The molecule has 10 nitrogen and oxygen atoms in total. The van der Waals surface area contributed by atoms with Crippen LogP contribution in [0.3, 0.4) is 0 Å². The number of aryl methyl sites for hydroxylation is 1. The minimum Gasteiger partial charge on any atom is -0.371 e. The lowest BCUT2D eigenvalue weighted by Crippen LogP contribution is -2.26. The van der Waals surface area contributed by atoms with Gasteiger partial charge < -0.3 is 24.8 Å². The number of hydrogen-bond acceptors (Lipinski definition) is 6. The topological polar surface area (TPSA) is 120 Å². The van der Waals surface area contributed by atoms with Gasteiger partial charge in [-0.2, -0.15) is 0 Å². The summed E-state index contributed by atoms with van der Waals surface area (Å²) in [6.07, 6.45) is 4.78. The summed E-state index contributed by atoms with van der Waals surface area (Å²) in [6, 6.07) is 7.81. The van der Waals surface area contributed by atoms with E-state index < -0.39 is 0 Å². The van der Waals surface area contributed by atoms with Crippen LogP contribution in [0, 0.1) is 0 Å². The van der Waals surface area contributed by atoms with Gasteiger partial charge in [-0.25, -0.2) is 19.9 Å². The van der Waals surface area contributed by atoms with Crippen LogP contribution in [0.5, 0.6) is 0 Å². The lowest BCUT2D eigenvalue weighted by Gasteiger charge is -2.16. The summed E-state index contributed by atoms with van der Waals surface area (Å²) in [7, 11) is 5.54. The first-order valence-electron chi connectivity index (χ1n) is 9.77. The van der Waals surface area contributed by atoms with Gasteiger partial charge in [-0.1, -0.05) is 6.07 Å². The van der Waals surface area contributed by atoms with Crippen LogP contribution in [0.1, 0.15) is 16.2 Å². The third-order valence-electron chi connectivity index (χ3n) is 5.23. The standard InChI is InChI=1S/C21H21N9O/c1-22-20-17-18(30(3)11-25-17)13-7-15(27-19(13)28-20)14-6-4-5-12(26-14)9-29(2)21(31)16-8-23-10-24-16/h4-8,10-11H,9H2,1-3H3,(H,23,24)(H2,22,27,28). The first-order chi connectivity index (χ1) is 15.0. The van der Waals surface area contributed by atoms with Crippen molar-refractivity contribution in [3.63, 3.8) is 0 Å². The number of carbonyl (C=O) groups is 1. The summed E-state index contributed by atoms with van der Waals surface area (Å²) in [5.74, 6) is 0.579. The number of aromatic amines is 2. The molecule has 5 aromatic heterocycles. The van der Waals surface area contributed by atoms with Crippen molar-refractivity contribution < 1.29 is 4.79 Å². The maximum atomic E-state index is 12.5. The Bertz CT molecular complexity index is 1400. The molecule has 0 aliphatic rings. The van der Waals surface area contributed by atoms with E-state index in [4.69, 9.17) is 4.98 Å². The van der Waals surface area contributed by atoms with Gasteiger partial charge in [0, 0.05) is 26.5 Å². The average Bonchev–Trinajstić information content (AvgIpc) is 3.52. The molecule has 0 radical (unpaired) electrons. The molecule has 5 heterocycles. The highest BCUT2D eigenvalue weighted by Gasteiger charge is 2.17. The normalized spacial score (nSPS) is 11.3. The molecule has 5 rings (SSSR count). The Labute approximate surface area is 177 Å². The molecule has 0 atom stereocenters. The zero-order chi connectivity index (χ0) is 21.5. The van der Waals surface area contributed by atoms with Crippen molar-refractivity contribution in [3.8, 4) is 11.4 Å². The molecule has 0 spiro atoms. The quantitative estimate of drug-likeness (QED) is 0.406. The third kappa shape index (κ3) is 3.18. The number of H-pyrrole nitrogens is 2. The molecular formula is C21H21N9O. The van der Waals surface area contributed by atoms with E-state index in [1.807, 2.05) is 42.9 Å². The van der Waals surface area contributed by atoms with Crippen LogP contribution < -0.4 is 5.32 Å². The lowest BCUT2D eigenvalue weighted by atomic mass is 10.2. The molecular weight excluding hydrogens is 394 g/mol. The smallest absolute Gasteiger partial charge is 0.272 e. The van der Waals surface area contributed by atoms with Gasteiger partial charge in [-0.05, 0) is 18.2 Å². The first-order valence-corrected chi connectivity index (χ1v) is 9.77. The van der Waals surface area contributed by atoms with Crippen LogP contribution in [0.4, 0.5) is 5.82 Å². The number of anilines is 1. The minimum absolute atomic E-state index is 0.141. The van der Waals surface area contributed by atoms with Gasteiger partial charge in [0.05, 0.1) is 48.0 Å². The number of pyridine rings is 2. The molecule has 1 amide bonds. The Morgan fingerprint density at radius 3 is 2.94 bits per heavy atom. The van der Waals surface area contributed by atoms with Crippen LogP contribution in [-0.2, 0) is 13.6 Å². The van der Waals surface area contributed by atoms with E-state index in [1.165, 1.54) is 12.5 Å². The second kappa shape index (κ2) is 7.24. The van der Waals surface area contributed by atoms with Crippen molar-refractivity contribution in [2.75, 3.05) is 19.4 Å². The fourth-order valence-electron chi connectivity index (χ4n) is 3.72. The summed E-state index contributed by atoms with van der Waals surface area (Å²) in [6.45, 7) is 0.375. The van der Waals surface area contributed by atoms with Gasteiger partial charge >= 0.3 is 0 Å². The number of fused-ring (bicyclic) bond motifs is 3. The number of amides is 1. The van der Waals surface area contributed by atoms with Crippen molar-refractivity contribution >= 4 is 33.8 Å². The Morgan fingerprint density at radius 1 is 1.29 bits per heavy atom. The molecule has 31 heavy (non-hydrogen) atoms. The number of imidazole rings is 2. The number of rotatable bonds is 5. The summed E-state index contributed by atoms with van der Waals surface area (Å²) in [5, 5.41) is 4.09. The molecule has 3 N–H and O–H groups in total. The van der Waals surface area contributed by atoms with Crippen molar-refractivity contribution in [1.82, 2.24) is 39.4 Å². The number of aromatic nitrogens is 7. The van der Waals surface area contributed by atoms with Gasteiger partial charge in [-0.3, -0.25) is 4.79 Å². The summed E-state index contributed by atoms with van der Waals surface area (Å²) < 4.78 is 1.98. The van der Waals surface area contributed by atoms with Crippen molar-refractivity contribution in [3.05, 3.63) is 54.5 Å². The number of hydrogen-bond donors (Lipinski definition) is 3. The van der Waals surface area contributed by atoms with Gasteiger partial charge in [0.2, 0.25) is 0 Å². The highest BCUT2D eigenvalue weighted by atomic mass is 16.2. The zero-order valence-electron chi connectivity index (χ0n) is 17.3. The molecule has 0 aliphatic carbocycles. The van der Waals surface area contributed by atoms with Crippen LogP contribution >= 0.6 is 0 Å². The monoisotopic (exact) mass is 415 g/mol. The van der Waals surface area contributed by atoms with Crippen molar-refractivity contribution in [1.29, 1.82) is 0 Å². The Balaban J connectivity index is 1.50. The summed E-state index contributed by atoms with van der Waals surface area (Å²) in [4.78, 5) is 38.1. The first kappa shape index (κ1) is 18.8. The predicted octanol–water partition coefficient (Wildman–Crippen LogP) is 2.55. The second-order valence-corrected chi connectivity index (χ2v) is 7.35. The van der Waals surface area contributed by atoms with Crippen molar-refractivity contribution in [2.24, 2.45) is 7.05 Å². The molecule has 0 saturated carbocycles. The van der Waals surface area contributed by atoms with Gasteiger partial charge in [0.1, 0.15) is 16.9 Å². The maximum absolute atomic E-state index is 12.5. The molecule has 0 bridgehead atoms. The highest BCUT2D eigenvalue weighted by molar-refractivity contribution is 6.07. The molecule has 10 heteroatoms. The highest BCUT2D eigenvalue weighted by Crippen LogP contribution is 2.31. The van der Waals surface area contributed by atoms with Gasteiger partial charge in [0.25, 0.3) is 5.91 Å². The molecule has 0 saturated heterocycles. The van der Waals surface area contributed by atoms with Crippen LogP contribution in [0.2, 0.25) is 0 Å². The maximum Gasteiger partial charge on any atom is 0.272 e. The van der Waals surface area contributed by atoms with Crippen molar-refractivity contribution in [2.45, 2.75) is 6.54 Å². The number of carbonyl (C=O) groups excluding carboxylic acids is 1. The average molecular weight is 415 g/mol. The van der Waals surface area contributed by atoms with Gasteiger partial charge in [-0.15, -0.1) is 0 Å². The van der Waals surface area contributed by atoms with Crippen LogP contribution in [0.25, 0.3) is 33.5 Å².